The van der Waals surface area contributed by atoms with E-state index in [-0.39, 0.29) is 28.0 Å². The summed E-state index contributed by atoms with van der Waals surface area (Å²) >= 11 is 0. The molecule has 17 heavy (non-hydrogen) atoms. The number of carbonyl (C=O) groups excluding carboxylic acids is 4. The number of ketones is 1. The summed E-state index contributed by atoms with van der Waals surface area (Å²) in [6.07, 6.45) is 0.957. The van der Waals surface area contributed by atoms with Crippen molar-refractivity contribution in [2.24, 2.45) is 0 Å². The number of hydrogen-bond acceptors (Lipinski definition) is 4. The molecule has 5 heteroatoms. The van der Waals surface area contributed by atoms with Crippen LogP contribution in [0.25, 0.3) is 0 Å². The molecule has 88 valence electrons. The minimum Gasteiger partial charge on any atom is -0.355 e. The van der Waals surface area contributed by atoms with Gasteiger partial charge in [0.15, 0.2) is 18.4 Å². The maximum absolute atomic E-state index is 11.5. The lowest BCUT2D eigenvalue weighted by Crippen LogP contribution is -2.20. The van der Waals surface area contributed by atoms with Crippen LogP contribution in [0.4, 0.5) is 0 Å². The lowest BCUT2D eigenvalue weighted by molar-refractivity contribution is 0.0956. The highest BCUT2D eigenvalue weighted by atomic mass is 16.2. The van der Waals surface area contributed by atoms with Crippen molar-refractivity contribution in [2.75, 3.05) is 7.05 Å². The van der Waals surface area contributed by atoms with E-state index >= 15 is 0 Å². The second-order valence-electron chi connectivity index (χ2n) is 3.40. The summed E-state index contributed by atoms with van der Waals surface area (Å²) in [6.45, 7) is 1.29. The molecule has 0 saturated carbocycles. The zero-order chi connectivity index (χ0) is 13.0. The number of carbonyl (C=O) groups is 4. The molecule has 5 nitrogen and oxygen atoms in total. The predicted molar refractivity (Wildman–Crippen MR) is 60.6 cm³/mol. The zero-order valence-corrected chi connectivity index (χ0v) is 9.44. The molecule has 1 N–H and O–H groups in total. The molecule has 1 amide bonds. The van der Waals surface area contributed by atoms with E-state index in [1.807, 2.05) is 0 Å². The van der Waals surface area contributed by atoms with E-state index in [1.165, 1.54) is 26.1 Å². The summed E-state index contributed by atoms with van der Waals surface area (Å²) in [4.78, 5) is 44.4. The third-order valence-electron chi connectivity index (χ3n) is 2.33. The third-order valence-corrected chi connectivity index (χ3v) is 2.33. The van der Waals surface area contributed by atoms with Crippen LogP contribution in [0.3, 0.4) is 0 Å². The fourth-order valence-corrected chi connectivity index (χ4v) is 1.47. The van der Waals surface area contributed by atoms with E-state index in [0.29, 0.717) is 12.6 Å². The minimum atomic E-state index is -0.480. The average molecular weight is 233 g/mol. The highest BCUT2D eigenvalue weighted by Gasteiger charge is 2.16. The maximum Gasteiger partial charge on any atom is 0.251 e. The zero-order valence-electron chi connectivity index (χ0n) is 9.44. The first-order valence-corrected chi connectivity index (χ1v) is 4.86. The van der Waals surface area contributed by atoms with Gasteiger partial charge >= 0.3 is 0 Å². The molecule has 1 aromatic rings. The second-order valence-corrected chi connectivity index (χ2v) is 3.40. The molecule has 0 radical (unpaired) electrons. The lowest BCUT2D eigenvalue weighted by atomic mass is 9.97. The average Bonchev–Trinajstić information content (AvgIpc) is 2.35. The van der Waals surface area contributed by atoms with Crippen molar-refractivity contribution in [3.8, 4) is 0 Å². The Hall–Kier alpha value is -2.30. The van der Waals surface area contributed by atoms with Crippen molar-refractivity contribution >= 4 is 24.3 Å². The number of hydrogen-bond donors (Lipinski definition) is 1. The van der Waals surface area contributed by atoms with Gasteiger partial charge in [-0.15, -0.1) is 0 Å². The Labute approximate surface area is 97.8 Å². The fraction of sp³-hybridized carbons (Fsp3) is 0.167. The molecule has 0 atom stereocenters. The summed E-state index contributed by atoms with van der Waals surface area (Å²) in [5, 5.41) is 2.36. The molecule has 0 unspecified atom stereocenters. The van der Waals surface area contributed by atoms with Gasteiger partial charge in [0.1, 0.15) is 0 Å². The first kappa shape index (κ1) is 12.8. The Morgan fingerprint density at radius 2 is 1.59 bits per heavy atom. The largest absolute Gasteiger partial charge is 0.355 e. The van der Waals surface area contributed by atoms with Crippen molar-refractivity contribution in [1.29, 1.82) is 0 Å². The smallest absolute Gasteiger partial charge is 0.251 e. The monoisotopic (exact) mass is 233 g/mol. The number of Topliss-reactive ketones (excluding diaryl/α,β-unsaturated/α-hetero) is 1. The SMILES string of the molecule is CNC(=O)c1cc(C(C)=O)c(C=O)cc1C=O. The maximum atomic E-state index is 11.5. The quantitative estimate of drug-likeness (QED) is 0.618. The van der Waals surface area contributed by atoms with Gasteiger partial charge in [0.2, 0.25) is 0 Å². The Balaban J connectivity index is 3.55. The first-order valence-electron chi connectivity index (χ1n) is 4.86. The van der Waals surface area contributed by atoms with Gasteiger partial charge < -0.3 is 5.32 Å². The summed E-state index contributed by atoms with van der Waals surface area (Å²) in [7, 11) is 1.41. The standard InChI is InChI=1S/C12H11NO4/c1-7(16)10-4-11(12(17)13-2)9(6-15)3-8(10)5-14/h3-6H,1-2H3,(H,13,17). The van der Waals surface area contributed by atoms with E-state index < -0.39 is 5.91 Å². The third kappa shape index (κ3) is 2.44. The summed E-state index contributed by atoms with van der Waals surface area (Å²) < 4.78 is 0. The molecule has 0 fully saturated rings. The minimum absolute atomic E-state index is 0.0800. The van der Waals surface area contributed by atoms with Crippen molar-refractivity contribution in [1.82, 2.24) is 5.32 Å². The molecule has 0 aliphatic carbocycles. The summed E-state index contributed by atoms with van der Waals surface area (Å²) in [6, 6.07) is 2.50. The van der Waals surface area contributed by atoms with Crippen LogP contribution in [0.1, 0.15) is 48.4 Å². The van der Waals surface area contributed by atoms with Crippen LogP contribution in [0, 0.1) is 0 Å². The molecule has 1 aromatic carbocycles. The van der Waals surface area contributed by atoms with Gasteiger partial charge in [-0.2, -0.15) is 0 Å². The molecule has 0 aliphatic heterocycles. The van der Waals surface area contributed by atoms with Gasteiger partial charge in [-0.3, -0.25) is 19.2 Å². The molecule has 0 aromatic heterocycles. The molecule has 0 aliphatic rings. The van der Waals surface area contributed by atoms with E-state index in [1.54, 1.807) is 0 Å². The molecular formula is C12H11NO4. The van der Waals surface area contributed by atoms with Crippen molar-refractivity contribution in [2.45, 2.75) is 6.92 Å². The summed E-state index contributed by atoms with van der Waals surface area (Å²) in [5.74, 6) is -0.818. The Bertz CT molecular complexity index is 505. The summed E-state index contributed by atoms with van der Waals surface area (Å²) in [5.41, 5.74) is 0.395. The normalized spacial score (nSPS) is 9.53. The lowest BCUT2D eigenvalue weighted by Gasteiger charge is -2.07. The molecule has 0 saturated heterocycles. The van der Waals surface area contributed by atoms with Crippen LogP contribution in [0.2, 0.25) is 0 Å². The molecular weight excluding hydrogens is 222 g/mol. The van der Waals surface area contributed by atoms with Crippen molar-refractivity contribution in [3.63, 3.8) is 0 Å². The van der Waals surface area contributed by atoms with E-state index in [4.69, 9.17) is 0 Å². The van der Waals surface area contributed by atoms with Gasteiger partial charge in [0.05, 0.1) is 5.56 Å². The molecule has 0 bridgehead atoms. The van der Waals surface area contributed by atoms with Gasteiger partial charge in [0, 0.05) is 23.7 Å². The highest BCUT2D eigenvalue weighted by molar-refractivity contribution is 6.08. The van der Waals surface area contributed by atoms with E-state index in [0.717, 1.165) is 0 Å². The van der Waals surface area contributed by atoms with Crippen LogP contribution in [0.15, 0.2) is 12.1 Å². The topological polar surface area (TPSA) is 80.3 Å². The van der Waals surface area contributed by atoms with Crippen molar-refractivity contribution in [3.05, 3.63) is 34.4 Å². The van der Waals surface area contributed by atoms with Crippen molar-refractivity contribution < 1.29 is 19.2 Å². The number of nitrogens with one attached hydrogen (secondary N) is 1. The van der Waals surface area contributed by atoms with Gasteiger partial charge in [-0.25, -0.2) is 0 Å². The Kier molecular flexibility index (Phi) is 3.87. The number of benzene rings is 1. The molecule has 1 rings (SSSR count). The number of amides is 1. The van der Waals surface area contributed by atoms with Gasteiger partial charge in [-0.1, -0.05) is 0 Å². The van der Waals surface area contributed by atoms with Crippen LogP contribution in [0.5, 0.6) is 0 Å². The number of aldehydes is 2. The highest BCUT2D eigenvalue weighted by Crippen LogP contribution is 2.15. The van der Waals surface area contributed by atoms with Crippen LogP contribution in [-0.4, -0.2) is 31.3 Å². The predicted octanol–water partition coefficient (Wildman–Crippen LogP) is 0.874. The van der Waals surface area contributed by atoms with E-state index in [2.05, 4.69) is 5.32 Å². The molecule has 0 spiro atoms. The van der Waals surface area contributed by atoms with Crippen LogP contribution in [-0.2, 0) is 0 Å². The molecule has 0 heterocycles. The Morgan fingerprint density at radius 1 is 1.06 bits per heavy atom. The second kappa shape index (κ2) is 5.16. The fourth-order valence-electron chi connectivity index (χ4n) is 1.47. The van der Waals surface area contributed by atoms with Crippen LogP contribution >= 0.6 is 0 Å². The van der Waals surface area contributed by atoms with E-state index in [9.17, 15) is 19.2 Å². The van der Waals surface area contributed by atoms with Gasteiger partial charge in [0.25, 0.3) is 5.91 Å². The first-order chi connectivity index (χ1) is 8.04. The Morgan fingerprint density at radius 3 is 2.00 bits per heavy atom. The van der Waals surface area contributed by atoms with Crippen LogP contribution < -0.4 is 5.32 Å². The van der Waals surface area contributed by atoms with Gasteiger partial charge in [-0.05, 0) is 19.1 Å². The number of rotatable bonds is 4.